The molecule has 0 amide bonds. The van der Waals surface area contributed by atoms with Crippen molar-refractivity contribution in [3.63, 3.8) is 0 Å². The highest BCUT2D eigenvalue weighted by atomic mass is 16.3. The van der Waals surface area contributed by atoms with Crippen LogP contribution in [0.2, 0.25) is 0 Å². The zero-order valence-electron chi connectivity index (χ0n) is 5.11. The Bertz CT molecular complexity index is 230. The Balaban J connectivity index is 2.64. The standard InChI is InChI=1S/C2H3N7O2/c10-8-6-1-3-2(5-4-1)7-9-11/h(H3,3,4,5,6,7,10,11). The van der Waals surface area contributed by atoms with Gasteiger partial charge in [0.1, 0.15) is 0 Å². The van der Waals surface area contributed by atoms with Crippen LogP contribution in [-0.4, -0.2) is 15.2 Å². The van der Waals surface area contributed by atoms with Crippen molar-refractivity contribution in [2.24, 2.45) is 10.6 Å². The third-order valence-electron chi connectivity index (χ3n) is 0.783. The predicted octanol–water partition coefficient (Wildman–Crippen LogP) is -0.00870. The van der Waals surface area contributed by atoms with Crippen LogP contribution in [0.4, 0.5) is 11.9 Å². The van der Waals surface area contributed by atoms with Gasteiger partial charge in [0.05, 0.1) is 10.6 Å². The van der Waals surface area contributed by atoms with Gasteiger partial charge in [0.15, 0.2) is 0 Å². The topological polar surface area (TPSA) is 124 Å². The quantitative estimate of drug-likeness (QED) is 0.417. The first-order chi connectivity index (χ1) is 5.36. The lowest BCUT2D eigenvalue weighted by Gasteiger charge is -1.83. The lowest BCUT2D eigenvalue weighted by molar-refractivity contribution is 1.06. The van der Waals surface area contributed by atoms with E-state index in [0.717, 1.165) is 0 Å². The minimum Gasteiger partial charge on any atom is -0.242 e. The highest BCUT2D eigenvalue weighted by Crippen LogP contribution is 2.01. The SMILES string of the molecule is O=NNc1n[nH]c(NN=O)n1. The van der Waals surface area contributed by atoms with Crippen LogP contribution < -0.4 is 10.9 Å². The van der Waals surface area contributed by atoms with Crippen LogP contribution in [-0.2, 0) is 0 Å². The molecule has 1 aromatic rings. The third kappa shape index (κ3) is 1.67. The van der Waals surface area contributed by atoms with E-state index < -0.39 is 0 Å². The normalized spacial score (nSPS) is 8.73. The van der Waals surface area contributed by atoms with E-state index in [1.165, 1.54) is 0 Å². The van der Waals surface area contributed by atoms with Crippen molar-refractivity contribution >= 4 is 11.9 Å². The number of nitroso groups, excluding NO2 is 2. The van der Waals surface area contributed by atoms with Crippen molar-refractivity contribution in [3.8, 4) is 0 Å². The molecule has 0 atom stereocenters. The van der Waals surface area contributed by atoms with Crippen molar-refractivity contribution in [3.05, 3.63) is 9.81 Å². The Kier molecular flexibility index (Phi) is 2.05. The molecule has 0 bridgehead atoms. The van der Waals surface area contributed by atoms with Gasteiger partial charge in [-0.05, 0) is 0 Å². The summed E-state index contributed by atoms with van der Waals surface area (Å²) < 4.78 is 0. The summed E-state index contributed by atoms with van der Waals surface area (Å²) >= 11 is 0. The fourth-order valence-electron chi connectivity index (χ4n) is 0.446. The molecule has 9 heteroatoms. The zero-order chi connectivity index (χ0) is 8.10. The van der Waals surface area contributed by atoms with Crippen LogP contribution in [0.3, 0.4) is 0 Å². The van der Waals surface area contributed by atoms with E-state index in [1.807, 2.05) is 10.9 Å². The van der Waals surface area contributed by atoms with Crippen LogP contribution in [0.1, 0.15) is 0 Å². The van der Waals surface area contributed by atoms with E-state index in [2.05, 4.69) is 25.8 Å². The average Bonchev–Trinajstić information content (AvgIpc) is 2.38. The van der Waals surface area contributed by atoms with Gasteiger partial charge in [-0.25, -0.2) is 16.0 Å². The molecule has 3 N–H and O–H groups in total. The predicted molar refractivity (Wildman–Crippen MR) is 35.2 cm³/mol. The van der Waals surface area contributed by atoms with Crippen LogP contribution in [0.25, 0.3) is 0 Å². The molecule has 0 aliphatic heterocycles. The molecule has 1 heterocycles. The molecule has 0 aromatic carbocycles. The van der Waals surface area contributed by atoms with E-state index in [4.69, 9.17) is 0 Å². The van der Waals surface area contributed by atoms with Crippen LogP contribution in [0.5, 0.6) is 0 Å². The van der Waals surface area contributed by atoms with E-state index >= 15 is 0 Å². The summed E-state index contributed by atoms with van der Waals surface area (Å²) in [5.74, 6) is -0.00250. The van der Waals surface area contributed by atoms with Gasteiger partial charge in [0.2, 0.25) is 5.95 Å². The summed E-state index contributed by atoms with van der Waals surface area (Å²) in [5.41, 5.74) is 3.86. The first kappa shape index (κ1) is 7.05. The van der Waals surface area contributed by atoms with Gasteiger partial charge in [-0.15, -0.1) is 14.9 Å². The second-order valence-electron chi connectivity index (χ2n) is 1.41. The van der Waals surface area contributed by atoms with Crippen molar-refractivity contribution in [1.29, 1.82) is 0 Å². The van der Waals surface area contributed by atoms with Gasteiger partial charge in [-0.2, -0.15) is 4.98 Å². The fourth-order valence-corrected chi connectivity index (χ4v) is 0.446. The number of H-pyrrole nitrogens is 1. The number of aromatic nitrogens is 3. The Hall–Kier alpha value is -2.06. The van der Waals surface area contributed by atoms with Crippen molar-refractivity contribution in [2.75, 3.05) is 10.9 Å². The molecule has 0 unspecified atom stereocenters. The molecule has 0 radical (unpaired) electrons. The second-order valence-corrected chi connectivity index (χ2v) is 1.41. The van der Waals surface area contributed by atoms with E-state index in [1.54, 1.807) is 0 Å². The monoisotopic (exact) mass is 157 g/mol. The van der Waals surface area contributed by atoms with Crippen LogP contribution in [0.15, 0.2) is 10.6 Å². The summed E-state index contributed by atoms with van der Waals surface area (Å²) in [7, 11) is 0. The van der Waals surface area contributed by atoms with Gasteiger partial charge in [0, 0.05) is 0 Å². The lowest BCUT2D eigenvalue weighted by Crippen LogP contribution is -1.89. The molecule has 1 rings (SSSR count). The number of hydrogen-bond acceptors (Lipinski definition) is 6. The molecule has 0 aliphatic rings. The Morgan fingerprint density at radius 3 is 2.64 bits per heavy atom. The van der Waals surface area contributed by atoms with E-state index in [0.29, 0.717) is 0 Å². The fraction of sp³-hybridized carbons (Fsp3) is 0. The van der Waals surface area contributed by atoms with Gasteiger partial charge in [-0.3, -0.25) is 0 Å². The number of aromatic amines is 1. The van der Waals surface area contributed by atoms with Gasteiger partial charge < -0.3 is 0 Å². The van der Waals surface area contributed by atoms with E-state index in [9.17, 15) is 9.81 Å². The molecule has 1 aromatic heterocycles. The summed E-state index contributed by atoms with van der Waals surface area (Å²) in [5, 5.41) is 10.3. The summed E-state index contributed by atoms with van der Waals surface area (Å²) in [6.45, 7) is 0. The van der Waals surface area contributed by atoms with Crippen LogP contribution >= 0.6 is 0 Å². The van der Waals surface area contributed by atoms with E-state index in [-0.39, 0.29) is 11.9 Å². The average molecular weight is 157 g/mol. The summed E-state index contributed by atoms with van der Waals surface area (Å²) in [4.78, 5) is 22.7. The third-order valence-corrected chi connectivity index (χ3v) is 0.783. The molecular formula is C2H3N7O2. The second kappa shape index (κ2) is 3.20. The number of nitrogens with zero attached hydrogens (tertiary/aromatic N) is 4. The van der Waals surface area contributed by atoms with Gasteiger partial charge in [0.25, 0.3) is 5.95 Å². The van der Waals surface area contributed by atoms with Gasteiger partial charge >= 0.3 is 0 Å². The molecule has 0 saturated heterocycles. The highest BCUT2D eigenvalue weighted by molar-refractivity contribution is 5.31. The maximum Gasteiger partial charge on any atom is 0.266 e. The first-order valence-corrected chi connectivity index (χ1v) is 2.46. The molecule has 0 spiro atoms. The molecular weight excluding hydrogens is 154 g/mol. The minimum atomic E-state index is -0.0360. The largest absolute Gasteiger partial charge is 0.266 e. The van der Waals surface area contributed by atoms with Crippen molar-refractivity contribution < 1.29 is 0 Å². The van der Waals surface area contributed by atoms with Gasteiger partial charge in [-0.1, -0.05) is 0 Å². The highest BCUT2D eigenvalue weighted by Gasteiger charge is 1.99. The summed E-state index contributed by atoms with van der Waals surface area (Å²) in [6.07, 6.45) is 0. The smallest absolute Gasteiger partial charge is 0.242 e. The maximum absolute atomic E-state index is 9.59. The lowest BCUT2D eigenvalue weighted by atomic mass is 11.0. The summed E-state index contributed by atoms with van der Waals surface area (Å²) in [6, 6.07) is 0. The molecule has 0 fully saturated rings. The molecule has 11 heavy (non-hydrogen) atoms. The Morgan fingerprint density at radius 1 is 1.27 bits per heavy atom. The Labute approximate surface area is 59.5 Å². The molecule has 0 aliphatic carbocycles. The number of rotatable bonds is 4. The zero-order valence-corrected chi connectivity index (χ0v) is 5.11. The maximum atomic E-state index is 9.59. The molecule has 0 saturated carbocycles. The number of anilines is 2. The Morgan fingerprint density at radius 2 is 2.00 bits per heavy atom. The molecule has 9 nitrogen and oxygen atoms in total. The number of nitrogens with one attached hydrogen (secondary N) is 3. The van der Waals surface area contributed by atoms with Crippen LogP contribution in [0, 0.1) is 9.81 Å². The first-order valence-electron chi connectivity index (χ1n) is 2.46. The number of hydrogen-bond donors (Lipinski definition) is 3. The van der Waals surface area contributed by atoms with Crippen molar-refractivity contribution in [1.82, 2.24) is 15.2 Å². The van der Waals surface area contributed by atoms with Crippen molar-refractivity contribution in [2.45, 2.75) is 0 Å². The molecule has 58 valence electrons. The minimum absolute atomic E-state index is 0.0335.